The minimum atomic E-state index is -4.15. The van der Waals surface area contributed by atoms with Crippen LogP contribution in [0.1, 0.15) is 30.1 Å². The van der Waals surface area contributed by atoms with Crippen molar-refractivity contribution in [1.29, 1.82) is 0 Å². The molecular weight excluding hydrogens is 416 g/mol. The Balaban J connectivity index is 2.04. The van der Waals surface area contributed by atoms with Crippen LogP contribution in [-0.4, -0.2) is 63.9 Å². The Labute approximate surface area is 184 Å². The number of carbonyl (C=O) groups excluding carboxylic acids is 1. The van der Waals surface area contributed by atoms with Crippen LogP contribution >= 0.6 is 0 Å². The van der Waals surface area contributed by atoms with Crippen molar-refractivity contribution in [3.63, 3.8) is 0 Å². The van der Waals surface area contributed by atoms with E-state index in [4.69, 9.17) is 9.88 Å². The first-order chi connectivity index (χ1) is 14.8. The second-order valence-corrected chi connectivity index (χ2v) is 9.22. The normalized spacial score (nSPS) is 15.0. The third kappa shape index (κ3) is 5.96. The van der Waals surface area contributed by atoms with Gasteiger partial charge in [0.1, 0.15) is 10.6 Å². The first-order valence-corrected chi connectivity index (χ1v) is 12.0. The third-order valence-corrected chi connectivity index (χ3v) is 6.12. The lowest BCUT2D eigenvalue weighted by Gasteiger charge is -2.32. The zero-order chi connectivity index (χ0) is 22.4. The van der Waals surface area contributed by atoms with Gasteiger partial charge in [-0.1, -0.05) is 31.5 Å². The van der Waals surface area contributed by atoms with Gasteiger partial charge in [0, 0.05) is 38.3 Å². The number of para-hydroxylation sites is 1. The van der Waals surface area contributed by atoms with Crippen molar-refractivity contribution < 1.29 is 17.9 Å². The lowest BCUT2D eigenvalue weighted by Crippen LogP contribution is -2.47. The second kappa shape index (κ2) is 10.1. The standard InChI is InChI=1S/C22H30N4O4S/c1-3-4-10-24-19-15-17(22(27)26-13-11-25(2)12-14-26)16-20(31(23,28)29)21(19)30-18-8-6-5-7-9-18/h5-9,15-16,24H,3-4,10-14H2,1-2H3,(H2,23,28,29). The molecule has 1 heterocycles. The number of rotatable bonds is 8. The van der Waals surface area contributed by atoms with Crippen LogP contribution in [0.25, 0.3) is 0 Å². The van der Waals surface area contributed by atoms with Gasteiger partial charge in [-0.2, -0.15) is 0 Å². The number of nitrogens with two attached hydrogens (primary N) is 1. The molecule has 0 saturated carbocycles. The molecule has 168 valence electrons. The number of sulfonamides is 1. The van der Waals surface area contributed by atoms with E-state index in [1.165, 1.54) is 6.07 Å². The van der Waals surface area contributed by atoms with Gasteiger partial charge in [0.25, 0.3) is 5.91 Å². The summed E-state index contributed by atoms with van der Waals surface area (Å²) in [5.41, 5.74) is 0.703. The van der Waals surface area contributed by atoms with Crippen LogP contribution in [0.15, 0.2) is 47.4 Å². The number of nitrogens with zero attached hydrogens (tertiary/aromatic N) is 2. The van der Waals surface area contributed by atoms with E-state index in [9.17, 15) is 13.2 Å². The highest BCUT2D eigenvalue weighted by molar-refractivity contribution is 7.89. The van der Waals surface area contributed by atoms with E-state index in [1.54, 1.807) is 35.2 Å². The van der Waals surface area contributed by atoms with Crippen LogP contribution in [0.5, 0.6) is 11.5 Å². The van der Waals surface area contributed by atoms with Crippen molar-refractivity contribution in [2.24, 2.45) is 5.14 Å². The average molecular weight is 447 g/mol. The first-order valence-electron chi connectivity index (χ1n) is 10.4. The number of amides is 1. The van der Waals surface area contributed by atoms with Crippen molar-refractivity contribution in [3.05, 3.63) is 48.0 Å². The molecule has 2 aromatic rings. The molecule has 0 atom stereocenters. The summed E-state index contributed by atoms with van der Waals surface area (Å²) in [7, 11) is -2.14. The maximum Gasteiger partial charge on any atom is 0.254 e. The van der Waals surface area contributed by atoms with Crippen LogP contribution in [0.2, 0.25) is 0 Å². The van der Waals surface area contributed by atoms with Crippen LogP contribution in [-0.2, 0) is 10.0 Å². The molecule has 2 aromatic carbocycles. The number of primary sulfonamides is 1. The Kier molecular flexibility index (Phi) is 7.53. The molecule has 1 fully saturated rings. The molecule has 31 heavy (non-hydrogen) atoms. The summed E-state index contributed by atoms with van der Waals surface area (Å²) in [5, 5.41) is 8.76. The molecule has 1 saturated heterocycles. The number of anilines is 1. The number of ether oxygens (including phenoxy) is 1. The Morgan fingerprint density at radius 1 is 1.13 bits per heavy atom. The topological polar surface area (TPSA) is 105 Å². The van der Waals surface area contributed by atoms with Gasteiger partial charge in [0.2, 0.25) is 10.0 Å². The zero-order valence-corrected chi connectivity index (χ0v) is 18.8. The molecule has 0 radical (unpaired) electrons. The number of likely N-dealkylation sites (N-methyl/N-ethyl adjacent to an activating group) is 1. The molecule has 0 aliphatic carbocycles. The van der Waals surface area contributed by atoms with Crippen molar-refractivity contribution in [3.8, 4) is 11.5 Å². The molecule has 0 spiro atoms. The smallest absolute Gasteiger partial charge is 0.254 e. The zero-order valence-electron chi connectivity index (χ0n) is 18.0. The van der Waals surface area contributed by atoms with E-state index < -0.39 is 10.0 Å². The lowest BCUT2D eigenvalue weighted by molar-refractivity contribution is 0.0664. The predicted molar refractivity (Wildman–Crippen MR) is 121 cm³/mol. The molecule has 0 bridgehead atoms. The lowest BCUT2D eigenvalue weighted by atomic mass is 10.1. The minimum Gasteiger partial charge on any atom is -0.454 e. The summed E-state index contributed by atoms with van der Waals surface area (Å²) in [6.45, 7) is 5.38. The molecule has 8 nitrogen and oxygen atoms in total. The summed E-state index contributed by atoms with van der Waals surface area (Å²) in [6, 6.07) is 11.9. The SMILES string of the molecule is CCCCNc1cc(C(=O)N2CCN(C)CC2)cc(S(N)(=O)=O)c1Oc1ccccc1. The van der Waals surface area contributed by atoms with Crippen LogP contribution in [0.3, 0.4) is 0 Å². The van der Waals surface area contributed by atoms with Gasteiger partial charge in [-0.15, -0.1) is 0 Å². The molecule has 1 amide bonds. The summed E-state index contributed by atoms with van der Waals surface area (Å²) < 4.78 is 30.9. The molecule has 3 rings (SSSR count). The maximum absolute atomic E-state index is 13.1. The van der Waals surface area contributed by atoms with Gasteiger partial charge in [0.05, 0.1) is 5.69 Å². The van der Waals surface area contributed by atoms with E-state index in [1.807, 2.05) is 13.1 Å². The van der Waals surface area contributed by atoms with E-state index in [2.05, 4.69) is 17.1 Å². The van der Waals surface area contributed by atoms with Gasteiger partial charge < -0.3 is 19.9 Å². The molecule has 9 heteroatoms. The summed E-state index contributed by atoms with van der Waals surface area (Å²) in [4.78, 5) is 16.8. The fraction of sp³-hybridized carbons (Fsp3) is 0.409. The van der Waals surface area contributed by atoms with E-state index in [0.29, 0.717) is 31.1 Å². The molecule has 0 aromatic heterocycles. The van der Waals surface area contributed by atoms with Crippen molar-refractivity contribution in [1.82, 2.24) is 9.80 Å². The fourth-order valence-electron chi connectivity index (χ4n) is 3.37. The van der Waals surface area contributed by atoms with Crippen molar-refractivity contribution in [2.45, 2.75) is 24.7 Å². The Morgan fingerprint density at radius 2 is 1.81 bits per heavy atom. The Hall–Kier alpha value is -2.62. The van der Waals surface area contributed by atoms with Crippen LogP contribution < -0.4 is 15.2 Å². The number of hydrogen-bond donors (Lipinski definition) is 2. The fourth-order valence-corrected chi connectivity index (χ4v) is 4.07. The molecule has 1 aliphatic heterocycles. The monoisotopic (exact) mass is 446 g/mol. The van der Waals surface area contributed by atoms with E-state index >= 15 is 0 Å². The molecule has 0 unspecified atom stereocenters. The average Bonchev–Trinajstić information content (AvgIpc) is 2.75. The van der Waals surface area contributed by atoms with Crippen molar-refractivity contribution >= 4 is 21.6 Å². The number of benzene rings is 2. The molecule has 3 N–H and O–H groups in total. The van der Waals surface area contributed by atoms with Gasteiger partial charge in [-0.3, -0.25) is 4.79 Å². The minimum absolute atomic E-state index is 0.0970. The van der Waals surface area contributed by atoms with Crippen molar-refractivity contribution in [2.75, 3.05) is 45.1 Å². The number of hydrogen-bond acceptors (Lipinski definition) is 6. The number of carbonyl (C=O) groups is 1. The first kappa shape index (κ1) is 23.1. The van der Waals surface area contributed by atoms with E-state index in [-0.39, 0.29) is 22.1 Å². The summed E-state index contributed by atoms with van der Waals surface area (Å²) in [6.07, 6.45) is 1.84. The van der Waals surface area contributed by atoms with Gasteiger partial charge in [-0.05, 0) is 37.7 Å². The van der Waals surface area contributed by atoms with Gasteiger partial charge >= 0.3 is 0 Å². The summed E-state index contributed by atoms with van der Waals surface area (Å²) >= 11 is 0. The Bertz CT molecular complexity index is 1000. The van der Waals surface area contributed by atoms with Gasteiger partial charge in [-0.25, -0.2) is 13.6 Å². The van der Waals surface area contributed by atoms with Crippen LogP contribution in [0.4, 0.5) is 5.69 Å². The second-order valence-electron chi connectivity index (χ2n) is 7.69. The van der Waals surface area contributed by atoms with E-state index in [0.717, 1.165) is 25.9 Å². The quantitative estimate of drug-likeness (QED) is 0.604. The highest BCUT2D eigenvalue weighted by Gasteiger charge is 2.26. The predicted octanol–water partition coefficient (Wildman–Crippen LogP) is 2.73. The molecular formula is C22H30N4O4S. The van der Waals surface area contributed by atoms with Crippen LogP contribution in [0, 0.1) is 0 Å². The largest absolute Gasteiger partial charge is 0.454 e. The third-order valence-electron chi connectivity index (χ3n) is 5.21. The van der Waals surface area contributed by atoms with Gasteiger partial charge in [0.15, 0.2) is 5.75 Å². The summed E-state index contributed by atoms with van der Waals surface area (Å²) in [5.74, 6) is 0.353. The Morgan fingerprint density at radius 3 is 2.42 bits per heavy atom. The maximum atomic E-state index is 13.1. The number of piperazine rings is 1. The number of nitrogens with one attached hydrogen (secondary N) is 1. The highest BCUT2D eigenvalue weighted by Crippen LogP contribution is 2.37. The molecule has 1 aliphatic rings. The highest BCUT2D eigenvalue weighted by atomic mass is 32.2. The number of unbranched alkanes of at least 4 members (excludes halogenated alkanes) is 1.